The molecule has 128 valence electrons. The predicted octanol–water partition coefficient (Wildman–Crippen LogP) is 1.97. The SMILES string of the molecule is Cc1cc(N(C)C)cc([C@H]2CN(C(=O)c3ocnc3C)CCO2)n1. The van der Waals surface area contributed by atoms with Gasteiger partial charge >= 0.3 is 0 Å². The van der Waals surface area contributed by atoms with Gasteiger partial charge in [0.05, 0.1) is 24.5 Å². The first kappa shape index (κ1) is 16.4. The van der Waals surface area contributed by atoms with Crippen LogP contribution in [0.4, 0.5) is 5.69 Å². The second-order valence-electron chi connectivity index (χ2n) is 6.16. The van der Waals surface area contributed by atoms with Crippen molar-refractivity contribution in [3.05, 3.63) is 41.4 Å². The van der Waals surface area contributed by atoms with E-state index in [1.54, 1.807) is 11.8 Å². The smallest absolute Gasteiger partial charge is 0.291 e. The maximum atomic E-state index is 12.6. The number of aromatic nitrogens is 2. The van der Waals surface area contributed by atoms with Crippen LogP contribution in [-0.2, 0) is 4.74 Å². The van der Waals surface area contributed by atoms with Crippen molar-refractivity contribution < 1.29 is 13.9 Å². The van der Waals surface area contributed by atoms with Crippen molar-refractivity contribution in [1.82, 2.24) is 14.9 Å². The molecule has 0 aromatic carbocycles. The number of rotatable bonds is 3. The second kappa shape index (κ2) is 6.60. The first-order valence-electron chi connectivity index (χ1n) is 7.92. The number of hydrogen-bond acceptors (Lipinski definition) is 6. The number of carbonyl (C=O) groups is 1. The van der Waals surface area contributed by atoms with Crippen molar-refractivity contribution in [3.63, 3.8) is 0 Å². The summed E-state index contributed by atoms with van der Waals surface area (Å²) in [7, 11) is 3.98. The summed E-state index contributed by atoms with van der Waals surface area (Å²) in [5, 5.41) is 0. The fourth-order valence-electron chi connectivity index (χ4n) is 2.76. The zero-order valence-electron chi connectivity index (χ0n) is 14.4. The average Bonchev–Trinajstić information content (AvgIpc) is 2.99. The molecule has 7 heteroatoms. The standard InChI is InChI=1S/C17H22N4O3/c1-11-7-13(20(3)4)8-14(19-11)15-9-21(5-6-23-15)17(22)16-12(2)18-10-24-16/h7-8,10,15H,5-6,9H2,1-4H3/t15-/m1/s1. The highest BCUT2D eigenvalue weighted by Crippen LogP contribution is 2.26. The molecule has 1 saturated heterocycles. The van der Waals surface area contributed by atoms with Crippen molar-refractivity contribution in [1.29, 1.82) is 0 Å². The van der Waals surface area contributed by atoms with Crippen LogP contribution in [0.1, 0.15) is 33.7 Å². The van der Waals surface area contributed by atoms with Crippen LogP contribution < -0.4 is 4.90 Å². The summed E-state index contributed by atoms with van der Waals surface area (Å²) in [5.74, 6) is 0.139. The third-order valence-electron chi connectivity index (χ3n) is 4.10. The molecule has 0 spiro atoms. The first-order chi connectivity index (χ1) is 11.5. The van der Waals surface area contributed by atoms with Gasteiger partial charge in [0.15, 0.2) is 6.39 Å². The van der Waals surface area contributed by atoms with Crippen LogP contribution in [-0.4, -0.2) is 54.6 Å². The maximum Gasteiger partial charge on any atom is 0.291 e. The number of ether oxygens (including phenoxy) is 1. The third-order valence-corrected chi connectivity index (χ3v) is 4.10. The summed E-state index contributed by atoms with van der Waals surface area (Å²) < 4.78 is 11.1. The van der Waals surface area contributed by atoms with Crippen molar-refractivity contribution in [3.8, 4) is 0 Å². The lowest BCUT2D eigenvalue weighted by Crippen LogP contribution is -2.42. The molecule has 1 amide bonds. The van der Waals surface area contributed by atoms with Crippen LogP contribution in [0.2, 0.25) is 0 Å². The molecule has 7 nitrogen and oxygen atoms in total. The molecule has 2 aromatic rings. The maximum absolute atomic E-state index is 12.6. The van der Waals surface area contributed by atoms with Gasteiger partial charge in [-0.15, -0.1) is 0 Å². The summed E-state index contributed by atoms with van der Waals surface area (Å²) in [6, 6.07) is 4.03. The number of nitrogens with zero attached hydrogens (tertiary/aromatic N) is 4. The number of hydrogen-bond donors (Lipinski definition) is 0. The monoisotopic (exact) mass is 330 g/mol. The molecule has 0 aliphatic carbocycles. The number of carbonyl (C=O) groups excluding carboxylic acids is 1. The lowest BCUT2D eigenvalue weighted by atomic mass is 10.1. The molecule has 1 aliphatic heterocycles. The van der Waals surface area contributed by atoms with E-state index in [0.717, 1.165) is 17.1 Å². The van der Waals surface area contributed by atoms with Gasteiger partial charge in [-0.05, 0) is 26.0 Å². The van der Waals surface area contributed by atoms with Gasteiger partial charge in [0.2, 0.25) is 5.76 Å². The van der Waals surface area contributed by atoms with Gasteiger partial charge in [-0.3, -0.25) is 9.78 Å². The zero-order chi connectivity index (χ0) is 17.3. The molecule has 1 fully saturated rings. The summed E-state index contributed by atoms with van der Waals surface area (Å²) in [4.78, 5) is 25.0. The van der Waals surface area contributed by atoms with E-state index in [4.69, 9.17) is 9.15 Å². The normalized spacial score (nSPS) is 17.8. The Morgan fingerprint density at radius 2 is 2.12 bits per heavy atom. The van der Waals surface area contributed by atoms with Crippen molar-refractivity contribution in [2.24, 2.45) is 0 Å². The molecule has 1 atom stereocenters. The van der Waals surface area contributed by atoms with E-state index >= 15 is 0 Å². The van der Waals surface area contributed by atoms with Crippen LogP contribution in [0.25, 0.3) is 0 Å². The Kier molecular flexibility index (Phi) is 4.53. The predicted molar refractivity (Wildman–Crippen MR) is 89.1 cm³/mol. The molecular weight excluding hydrogens is 308 g/mol. The molecule has 0 N–H and O–H groups in total. The van der Waals surface area contributed by atoms with Gasteiger partial charge in [-0.2, -0.15) is 0 Å². The van der Waals surface area contributed by atoms with Crippen molar-refractivity contribution in [2.75, 3.05) is 38.7 Å². The largest absolute Gasteiger partial charge is 0.438 e. The van der Waals surface area contributed by atoms with Gasteiger partial charge in [0.1, 0.15) is 6.10 Å². The Morgan fingerprint density at radius 3 is 2.79 bits per heavy atom. The second-order valence-corrected chi connectivity index (χ2v) is 6.16. The van der Waals surface area contributed by atoms with Gasteiger partial charge in [0, 0.05) is 32.0 Å². The highest BCUT2D eigenvalue weighted by Gasteiger charge is 2.29. The van der Waals surface area contributed by atoms with Gasteiger partial charge in [-0.1, -0.05) is 0 Å². The Bertz CT molecular complexity index is 741. The topological polar surface area (TPSA) is 71.7 Å². The molecule has 0 bridgehead atoms. The molecule has 0 radical (unpaired) electrons. The molecule has 3 rings (SSSR count). The van der Waals surface area contributed by atoms with Gasteiger partial charge < -0.3 is 19.0 Å². The Morgan fingerprint density at radius 1 is 1.33 bits per heavy atom. The van der Waals surface area contributed by atoms with Crippen LogP contribution >= 0.6 is 0 Å². The molecule has 0 saturated carbocycles. The summed E-state index contributed by atoms with van der Waals surface area (Å²) in [6.45, 7) is 5.17. The zero-order valence-corrected chi connectivity index (χ0v) is 14.4. The number of anilines is 1. The minimum Gasteiger partial charge on any atom is -0.438 e. The highest BCUT2D eigenvalue weighted by atomic mass is 16.5. The van der Waals surface area contributed by atoms with Crippen LogP contribution in [0, 0.1) is 13.8 Å². The quantitative estimate of drug-likeness (QED) is 0.857. The van der Waals surface area contributed by atoms with E-state index in [9.17, 15) is 4.79 Å². The van der Waals surface area contributed by atoms with Gasteiger partial charge in [-0.25, -0.2) is 4.98 Å². The molecule has 1 aliphatic rings. The fraction of sp³-hybridized carbons (Fsp3) is 0.471. The number of amides is 1. The van der Waals surface area contributed by atoms with E-state index in [1.165, 1.54) is 6.39 Å². The van der Waals surface area contributed by atoms with Crippen molar-refractivity contribution >= 4 is 11.6 Å². The Labute approximate surface area is 141 Å². The average molecular weight is 330 g/mol. The molecule has 3 heterocycles. The Hall–Kier alpha value is -2.41. The number of pyridine rings is 1. The minimum atomic E-state index is -0.246. The number of morpholine rings is 1. The molecule has 2 aromatic heterocycles. The van der Waals surface area contributed by atoms with E-state index in [1.807, 2.05) is 38.1 Å². The molecular formula is C17H22N4O3. The minimum absolute atomic E-state index is 0.154. The number of aryl methyl sites for hydroxylation is 2. The fourth-order valence-corrected chi connectivity index (χ4v) is 2.76. The lowest BCUT2D eigenvalue weighted by Gasteiger charge is -2.32. The highest BCUT2D eigenvalue weighted by molar-refractivity contribution is 5.92. The first-order valence-corrected chi connectivity index (χ1v) is 7.92. The summed E-state index contributed by atoms with van der Waals surface area (Å²) in [6.07, 6.45) is 1.05. The van der Waals surface area contributed by atoms with Crippen LogP contribution in [0.5, 0.6) is 0 Å². The summed E-state index contributed by atoms with van der Waals surface area (Å²) in [5.41, 5.74) is 3.43. The number of oxazole rings is 1. The summed E-state index contributed by atoms with van der Waals surface area (Å²) >= 11 is 0. The lowest BCUT2D eigenvalue weighted by molar-refractivity contribution is -0.0257. The van der Waals surface area contributed by atoms with E-state index in [0.29, 0.717) is 31.2 Å². The molecule has 24 heavy (non-hydrogen) atoms. The Balaban J connectivity index is 1.81. The molecule has 0 unspecified atom stereocenters. The van der Waals surface area contributed by atoms with E-state index in [-0.39, 0.29) is 12.0 Å². The van der Waals surface area contributed by atoms with E-state index < -0.39 is 0 Å². The van der Waals surface area contributed by atoms with Crippen LogP contribution in [0.3, 0.4) is 0 Å². The van der Waals surface area contributed by atoms with Crippen LogP contribution in [0.15, 0.2) is 22.9 Å². The third kappa shape index (κ3) is 3.26. The van der Waals surface area contributed by atoms with Crippen molar-refractivity contribution in [2.45, 2.75) is 20.0 Å². The van der Waals surface area contributed by atoms with E-state index in [2.05, 4.69) is 9.97 Å². The van der Waals surface area contributed by atoms with Gasteiger partial charge in [0.25, 0.3) is 5.91 Å².